The Balaban J connectivity index is 4.13. The fourth-order valence-electron chi connectivity index (χ4n) is 5.61. The molecule has 0 aliphatic heterocycles. The summed E-state index contributed by atoms with van der Waals surface area (Å²) in [5.41, 5.74) is 0. The molecule has 0 N–H and O–H groups in total. The van der Waals surface area contributed by atoms with Crippen molar-refractivity contribution in [3.8, 4) is 0 Å². The van der Waals surface area contributed by atoms with Crippen LogP contribution in [0.5, 0.6) is 0 Å². The van der Waals surface area contributed by atoms with E-state index < -0.39 is 0 Å². The van der Waals surface area contributed by atoms with Gasteiger partial charge in [-0.05, 0) is 12.8 Å². The number of likely N-dealkylation sites (N-methyl/N-ethyl adjacent to an activating group) is 1. The number of amides is 1. The zero-order valence-electron chi connectivity index (χ0n) is 29.1. The van der Waals surface area contributed by atoms with Gasteiger partial charge < -0.3 is 9.38 Å². The van der Waals surface area contributed by atoms with E-state index in [-0.39, 0.29) is 17.5 Å². The molecule has 1 amide bonds. The molecule has 0 aliphatic rings. The van der Waals surface area contributed by atoms with Gasteiger partial charge in [-0.2, -0.15) is 0 Å². The molecule has 0 spiro atoms. The highest BCUT2D eigenvalue weighted by Gasteiger charge is 2.22. The number of carbonyl (C=O) groups excluding carboxylic acids is 3. The normalized spacial score (nSPS) is 11.6. The first-order chi connectivity index (χ1) is 20.2. The lowest BCUT2D eigenvalue weighted by atomic mass is 10.0. The maximum Gasteiger partial charge on any atom is 0.277 e. The number of Topliss-reactive ketones (excluding diaryl/α,β-unsaturated/α-hetero) is 2. The standard InChI is InChI=1S/C37H73N2O3/c1-6-8-10-12-14-16-18-20-22-24-26-28-35(40)30-32-38(37(42)34-39(3,4)5)33-31-36(41)29-27-25-23-21-19-17-15-13-11-9-7-2/h6-34H2,1-5H3/q+1. The summed E-state index contributed by atoms with van der Waals surface area (Å²) in [4.78, 5) is 39.9. The van der Waals surface area contributed by atoms with E-state index in [1.54, 1.807) is 4.90 Å². The van der Waals surface area contributed by atoms with Crippen LogP contribution in [-0.4, -0.2) is 67.6 Å². The Morgan fingerprint density at radius 2 is 0.714 bits per heavy atom. The molecule has 5 nitrogen and oxygen atoms in total. The minimum Gasteiger partial charge on any atom is -0.337 e. The van der Waals surface area contributed by atoms with Gasteiger partial charge in [0.05, 0.1) is 21.1 Å². The molecule has 0 aromatic rings. The third-order valence-corrected chi connectivity index (χ3v) is 8.40. The molecule has 0 saturated carbocycles. The van der Waals surface area contributed by atoms with E-state index in [2.05, 4.69) is 13.8 Å². The first kappa shape index (κ1) is 40.8. The Bertz CT molecular complexity index is 614. The Labute approximate surface area is 262 Å². The smallest absolute Gasteiger partial charge is 0.277 e. The van der Waals surface area contributed by atoms with Crippen LogP contribution in [0.25, 0.3) is 0 Å². The summed E-state index contributed by atoms with van der Waals surface area (Å²) < 4.78 is 0.550. The van der Waals surface area contributed by atoms with Crippen LogP contribution in [0.15, 0.2) is 0 Å². The van der Waals surface area contributed by atoms with Crippen molar-refractivity contribution in [2.75, 3.05) is 40.8 Å². The van der Waals surface area contributed by atoms with E-state index >= 15 is 0 Å². The number of unbranched alkanes of at least 4 members (excludes halogenated alkanes) is 20. The van der Waals surface area contributed by atoms with E-state index in [1.807, 2.05) is 21.1 Å². The minimum absolute atomic E-state index is 0.0486. The molecule has 0 bridgehead atoms. The van der Waals surface area contributed by atoms with Gasteiger partial charge in [-0.15, -0.1) is 0 Å². The summed E-state index contributed by atoms with van der Waals surface area (Å²) in [6.07, 6.45) is 30.2. The Kier molecular flexibility index (Phi) is 27.7. The fraction of sp³-hybridized carbons (Fsp3) is 0.919. The molecule has 0 aromatic heterocycles. The Hall–Kier alpha value is -1.23. The van der Waals surface area contributed by atoms with Crippen LogP contribution in [0.4, 0.5) is 0 Å². The van der Waals surface area contributed by atoms with Crippen molar-refractivity contribution in [2.24, 2.45) is 0 Å². The van der Waals surface area contributed by atoms with Crippen molar-refractivity contribution >= 4 is 17.5 Å². The maximum absolute atomic E-state index is 13.0. The summed E-state index contributed by atoms with van der Waals surface area (Å²) in [6, 6.07) is 0. The Morgan fingerprint density at radius 1 is 0.429 bits per heavy atom. The number of nitrogens with zero attached hydrogens (tertiary/aromatic N) is 2. The van der Waals surface area contributed by atoms with Crippen LogP contribution in [-0.2, 0) is 14.4 Å². The summed E-state index contributed by atoms with van der Waals surface area (Å²) in [5, 5.41) is 0. The van der Waals surface area contributed by atoms with Gasteiger partial charge in [0, 0.05) is 38.8 Å². The molecule has 5 heteroatoms. The molecule has 0 fully saturated rings. The van der Waals surface area contributed by atoms with Gasteiger partial charge in [0.15, 0.2) is 6.54 Å². The van der Waals surface area contributed by atoms with Crippen LogP contribution < -0.4 is 0 Å². The molecular formula is C37H73N2O3+. The molecule has 0 radical (unpaired) electrons. The van der Waals surface area contributed by atoms with E-state index in [0.29, 0.717) is 49.8 Å². The number of ketones is 2. The van der Waals surface area contributed by atoms with Gasteiger partial charge in [0.1, 0.15) is 11.6 Å². The molecule has 42 heavy (non-hydrogen) atoms. The van der Waals surface area contributed by atoms with Gasteiger partial charge in [0.2, 0.25) is 0 Å². The molecule has 0 saturated heterocycles. The minimum atomic E-state index is 0.0486. The second-order valence-corrected chi connectivity index (χ2v) is 14.0. The SMILES string of the molecule is CCCCCCCCCCCCCC(=O)CCN(CCC(=O)CCCCCCCCCCCCC)C(=O)C[N+](C)(C)C. The zero-order valence-corrected chi connectivity index (χ0v) is 29.1. The van der Waals surface area contributed by atoms with E-state index in [0.717, 1.165) is 25.7 Å². The van der Waals surface area contributed by atoms with Gasteiger partial charge in [-0.25, -0.2) is 0 Å². The van der Waals surface area contributed by atoms with Crippen molar-refractivity contribution in [2.45, 2.75) is 181 Å². The number of hydrogen-bond donors (Lipinski definition) is 0. The monoisotopic (exact) mass is 594 g/mol. The molecule has 0 heterocycles. The topological polar surface area (TPSA) is 54.5 Å². The van der Waals surface area contributed by atoms with Crippen LogP contribution in [0.3, 0.4) is 0 Å². The molecule has 248 valence electrons. The van der Waals surface area contributed by atoms with Crippen LogP contribution in [0.2, 0.25) is 0 Å². The first-order valence-electron chi connectivity index (χ1n) is 18.3. The summed E-state index contributed by atoms with van der Waals surface area (Å²) in [6.45, 7) is 5.80. The highest BCUT2D eigenvalue weighted by Crippen LogP contribution is 2.14. The molecule has 0 aromatic carbocycles. The largest absolute Gasteiger partial charge is 0.337 e. The quantitative estimate of drug-likeness (QED) is 0.0576. The van der Waals surface area contributed by atoms with Crippen molar-refractivity contribution < 1.29 is 18.9 Å². The van der Waals surface area contributed by atoms with Crippen molar-refractivity contribution in [1.29, 1.82) is 0 Å². The predicted octanol–water partition coefficient (Wildman–Crippen LogP) is 9.84. The summed E-state index contributed by atoms with van der Waals surface area (Å²) in [5.74, 6) is 0.551. The van der Waals surface area contributed by atoms with Crippen molar-refractivity contribution in [3.05, 3.63) is 0 Å². The molecular weight excluding hydrogens is 520 g/mol. The summed E-state index contributed by atoms with van der Waals surface area (Å²) >= 11 is 0. The van der Waals surface area contributed by atoms with E-state index in [1.165, 1.54) is 116 Å². The highest BCUT2D eigenvalue weighted by atomic mass is 16.2. The number of carbonyl (C=O) groups is 3. The lowest BCUT2D eigenvalue weighted by Gasteiger charge is -2.28. The fourth-order valence-corrected chi connectivity index (χ4v) is 5.61. The lowest BCUT2D eigenvalue weighted by molar-refractivity contribution is -0.862. The third-order valence-electron chi connectivity index (χ3n) is 8.40. The van der Waals surface area contributed by atoms with Crippen LogP contribution in [0, 0.1) is 0 Å². The highest BCUT2D eigenvalue weighted by molar-refractivity contribution is 5.82. The molecule has 0 unspecified atom stereocenters. The third kappa shape index (κ3) is 28.9. The lowest BCUT2D eigenvalue weighted by Crippen LogP contribution is -2.47. The van der Waals surface area contributed by atoms with Crippen LogP contribution >= 0.6 is 0 Å². The molecule has 0 atom stereocenters. The summed E-state index contributed by atoms with van der Waals surface area (Å²) in [7, 11) is 6.02. The molecule has 0 rings (SSSR count). The predicted molar refractivity (Wildman–Crippen MR) is 181 cm³/mol. The zero-order chi connectivity index (χ0) is 31.3. The Morgan fingerprint density at radius 3 is 1.00 bits per heavy atom. The van der Waals surface area contributed by atoms with Gasteiger partial charge >= 0.3 is 0 Å². The van der Waals surface area contributed by atoms with Crippen molar-refractivity contribution in [3.63, 3.8) is 0 Å². The second-order valence-electron chi connectivity index (χ2n) is 14.0. The van der Waals surface area contributed by atoms with Gasteiger partial charge in [-0.3, -0.25) is 14.4 Å². The van der Waals surface area contributed by atoms with Crippen molar-refractivity contribution in [1.82, 2.24) is 4.90 Å². The van der Waals surface area contributed by atoms with Gasteiger partial charge in [-0.1, -0.05) is 142 Å². The van der Waals surface area contributed by atoms with E-state index in [9.17, 15) is 14.4 Å². The average Bonchev–Trinajstić information content (AvgIpc) is 2.93. The van der Waals surface area contributed by atoms with E-state index in [4.69, 9.17) is 0 Å². The maximum atomic E-state index is 13.0. The van der Waals surface area contributed by atoms with Gasteiger partial charge in [0.25, 0.3) is 5.91 Å². The number of rotatable bonds is 32. The van der Waals surface area contributed by atoms with Crippen LogP contribution in [0.1, 0.15) is 181 Å². The first-order valence-corrected chi connectivity index (χ1v) is 18.3. The molecule has 0 aliphatic carbocycles. The second kappa shape index (κ2) is 28.5. The number of hydrogen-bond acceptors (Lipinski definition) is 3. The average molecular weight is 594 g/mol. The number of quaternary nitrogens is 1.